The van der Waals surface area contributed by atoms with E-state index in [0.717, 1.165) is 24.4 Å². The van der Waals surface area contributed by atoms with E-state index in [4.69, 9.17) is 11.6 Å². The summed E-state index contributed by atoms with van der Waals surface area (Å²) < 4.78 is 12.8. The number of rotatable bonds is 4. The lowest BCUT2D eigenvalue weighted by Crippen LogP contribution is -2.20. The molecule has 0 fully saturated rings. The van der Waals surface area contributed by atoms with Crippen LogP contribution in [0.4, 0.5) is 4.39 Å². The van der Waals surface area contributed by atoms with Crippen LogP contribution in [0.2, 0.25) is 5.02 Å². The van der Waals surface area contributed by atoms with E-state index >= 15 is 0 Å². The topological polar surface area (TPSA) is 3.24 Å². The number of nitrogens with zero attached hydrogens (tertiary/aromatic N) is 1. The average Bonchev–Trinajstić information content (AvgIpc) is 2.12. The maximum Gasteiger partial charge on any atom is 0.141 e. The van der Waals surface area contributed by atoms with Crippen LogP contribution in [0.5, 0.6) is 0 Å². The summed E-state index contributed by atoms with van der Waals surface area (Å²) in [6.07, 6.45) is 0. The number of halogens is 2. The lowest BCUT2D eigenvalue weighted by molar-refractivity contribution is 0.349. The van der Waals surface area contributed by atoms with Crippen LogP contribution >= 0.6 is 24.2 Å². The van der Waals surface area contributed by atoms with Gasteiger partial charge in [0.25, 0.3) is 0 Å². The Balaban J connectivity index is 2.63. The van der Waals surface area contributed by atoms with Gasteiger partial charge >= 0.3 is 0 Å². The SMILES string of the molecule is CN(CCS)Cc1ccc(F)c(Cl)c1. The molecule has 0 aliphatic rings. The molecule has 0 heterocycles. The highest BCUT2D eigenvalue weighted by Crippen LogP contribution is 2.16. The van der Waals surface area contributed by atoms with Crippen LogP contribution in [0, 0.1) is 5.82 Å². The largest absolute Gasteiger partial charge is 0.301 e. The third kappa shape index (κ3) is 3.48. The van der Waals surface area contributed by atoms with Crippen molar-refractivity contribution in [1.29, 1.82) is 0 Å². The molecule has 0 aromatic heterocycles. The molecule has 0 bridgehead atoms. The Hall–Kier alpha value is -0.250. The van der Waals surface area contributed by atoms with Gasteiger partial charge in [-0.3, -0.25) is 0 Å². The first-order valence-corrected chi connectivity index (χ1v) is 5.38. The second kappa shape index (κ2) is 5.59. The lowest BCUT2D eigenvalue weighted by atomic mass is 10.2. The molecule has 14 heavy (non-hydrogen) atoms. The predicted octanol–water partition coefficient (Wildman–Crippen LogP) is 2.84. The van der Waals surface area contributed by atoms with Crippen LogP contribution in [-0.4, -0.2) is 24.2 Å². The van der Waals surface area contributed by atoms with Gasteiger partial charge in [-0.15, -0.1) is 0 Å². The highest BCUT2D eigenvalue weighted by atomic mass is 35.5. The molecule has 0 aliphatic carbocycles. The fourth-order valence-electron chi connectivity index (χ4n) is 1.20. The minimum Gasteiger partial charge on any atom is -0.301 e. The van der Waals surface area contributed by atoms with Gasteiger partial charge in [0.05, 0.1) is 5.02 Å². The Morgan fingerprint density at radius 1 is 1.50 bits per heavy atom. The summed E-state index contributed by atoms with van der Waals surface area (Å²) >= 11 is 9.80. The number of benzene rings is 1. The van der Waals surface area contributed by atoms with Gasteiger partial charge < -0.3 is 4.90 Å². The van der Waals surface area contributed by atoms with Crippen molar-refractivity contribution in [3.63, 3.8) is 0 Å². The summed E-state index contributed by atoms with van der Waals surface area (Å²) in [5.74, 6) is 0.443. The van der Waals surface area contributed by atoms with E-state index in [1.165, 1.54) is 6.07 Å². The smallest absolute Gasteiger partial charge is 0.141 e. The molecule has 0 amide bonds. The monoisotopic (exact) mass is 233 g/mol. The van der Waals surface area contributed by atoms with E-state index in [1.54, 1.807) is 12.1 Å². The van der Waals surface area contributed by atoms with Gasteiger partial charge in [-0.25, -0.2) is 4.39 Å². The van der Waals surface area contributed by atoms with Gasteiger partial charge in [0.2, 0.25) is 0 Å². The Kier molecular flexibility index (Phi) is 4.72. The molecule has 0 aliphatic heterocycles. The van der Waals surface area contributed by atoms with Crippen LogP contribution < -0.4 is 0 Å². The second-order valence-electron chi connectivity index (χ2n) is 3.21. The van der Waals surface area contributed by atoms with Crippen LogP contribution in [0.3, 0.4) is 0 Å². The molecule has 78 valence electrons. The third-order valence-electron chi connectivity index (χ3n) is 1.92. The zero-order valence-corrected chi connectivity index (χ0v) is 9.65. The van der Waals surface area contributed by atoms with E-state index in [9.17, 15) is 4.39 Å². The van der Waals surface area contributed by atoms with Gasteiger partial charge in [0, 0.05) is 18.8 Å². The predicted molar refractivity (Wildman–Crippen MR) is 61.6 cm³/mol. The van der Waals surface area contributed by atoms with E-state index in [-0.39, 0.29) is 10.8 Å². The molecule has 1 nitrogen and oxygen atoms in total. The Bertz CT molecular complexity index is 306. The summed E-state index contributed by atoms with van der Waals surface area (Å²) in [6.45, 7) is 1.67. The molecule has 0 unspecified atom stereocenters. The van der Waals surface area contributed by atoms with Crippen molar-refractivity contribution < 1.29 is 4.39 Å². The van der Waals surface area contributed by atoms with Crippen LogP contribution in [0.25, 0.3) is 0 Å². The zero-order chi connectivity index (χ0) is 10.6. The Morgan fingerprint density at radius 2 is 2.21 bits per heavy atom. The molecule has 0 atom stereocenters. The molecule has 0 spiro atoms. The molecule has 1 aromatic carbocycles. The Morgan fingerprint density at radius 3 is 2.79 bits per heavy atom. The summed E-state index contributed by atoms with van der Waals surface area (Å²) in [5.41, 5.74) is 1.01. The molecular weight excluding hydrogens is 221 g/mol. The van der Waals surface area contributed by atoms with Crippen molar-refractivity contribution in [2.24, 2.45) is 0 Å². The van der Waals surface area contributed by atoms with Gasteiger partial charge in [-0.2, -0.15) is 12.6 Å². The molecule has 4 heteroatoms. The fourth-order valence-corrected chi connectivity index (χ4v) is 1.74. The Labute approximate surface area is 94.3 Å². The van der Waals surface area contributed by atoms with E-state index in [1.807, 2.05) is 7.05 Å². The quantitative estimate of drug-likeness (QED) is 0.783. The van der Waals surface area contributed by atoms with Gasteiger partial charge in [0.15, 0.2) is 0 Å². The number of hydrogen-bond donors (Lipinski definition) is 1. The van der Waals surface area contributed by atoms with Crippen LogP contribution in [-0.2, 0) is 6.54 Å². The minimum atomic E-state index is -0.368. The van der Waals surface area contributed by atoms with Gasteiger partial charge in [0.1, 0.15) is 5.82 Å². The molecular formula is C10H13ClFNS. The molecule has 0 radical (unpaired) electrons. The first-order valence-electron chi connectivity index (χ1n) is 4.37. The molecule has 1 aromatic rings. The van der Waals surface area contributed by atoms with Crippen LogP contribution in [0.15, 0.2) is 18.2 Å². The first kappa shape index (κ1) is 11.8. The molecule has 0 saturated heterocycles. The van der Waals surface area contributed by atoms with E-state index in [2.05, 4.69) is 17.5 Å². The highest BCUT2D eigenvalue weighted by Gasteiger charge is 2.03. The normalized spacial score (nSPS) is 10.9. The fraction of sp³-hybridized carbons (Fsp3) is 0.400. The maximum atomic E-state index is 12.8. The maximum absolute atomic E-state index is 12.8. The number of hydrogen-bond acceptors (Lipinski definition) is 2. The van der Waals surface area contributed by atoms with E-state index < -0.39 is 0 Å². The summed E-state index contributed by atoms with van der Waals surface area (Å²) in [7, 11) is 1.99. The summed E-state index contributed by atoms with van der Waals surface area (Å²) in [4.78, 5) is 2.11. The van der Waals surface area contributed by atoms with Crippen molar-refractivity contribution in [2.45, 2.75) is 6.54 Å². The van der Waals surface area contributed by atoms with Crippen molar-refractivity contribution in [1.82, 2.24) is 4.90 Å². The third-order valence-corrected chi connectivity index (χ3v) is 2.41. The summed E-state index contributed by atoms with van der Waals surface area (Å²) in [5, 5.41) is 0.182. The van der Waals surface area contributed by atoms with Gasteiger partial charge in [-0.1, -0.05) is 17.7 Å². The lowest BCUT2D eigenvalue weighted by Gasteiger charge is -2.15. The van der Waals surface area contributed by atoms with Crippen molar-refractivity contribution >= 4 is 24.2 Å². The van der Waals surface area contributed by atoms with E-state index in [0.29, 0.717) is 0 Å². The first-order chi connectivity index (χ1) is 6.63. The highest BCUT2D eigenvalue weighted by molar-refractivity contribution is 7.80. The van der Waals surface area contributed by atoms with Crippen molar-refractivity contribution in [3.05, 3.63) is 34.6 Å². The standard InChI is InChI=1S/C10H13ClFNS/c1-13(4-5-14)7-8-2-3-10(12)9(11)6-8/h2-3,6,14H,4-5,7H2,1H3. The summed E-state index contributed by atoms with van der Waals surface area (Å²) in [6, 6.07) is 4.80. The molecule has 1 rings (SSSR count). The molecule has 0 saturated carbocycles. The van der Waals surface area contributed by atoms with Crippen LogP contribution in [0.1, 0.15) is 5.56 Å². The second-order valence-corrected chi connectivity index (χ2v) is 4.06. The van der Waals surface area contributed by atoms with Gasteiger partial charge in [-0.05, 0) is 24.7 Å². The van der Waals surface area contributed by atoms with Crippen molar-refractivity contribution in [2.75, 3.05) is 19.3 Å². The average molecular weight is 234 g/mol. The number of thiol groups is 1. The zero-order valence-electron chi connectivity index (χ0n) is 8.00. The van der Waals surface area contributed by atoms with Crippen molar-refractivity contribution in [3.8, 4) is 0 Å². The minimum absolute atomic E-state index is 0.182. The molecule has 0 N–H and O–H groups in total.